The summed E-state index contributed by atoms with van der Waals surface area (Å²) in [6.07, 6.45) is 5.13. The van der Waals surface area contributed by atoms with Crippen molar-refractivity contribution in [2.24, 2.45) is 5.73 Å². The van der Waals surface area contributed by atoms with E-state index in [1.807, 2.05) is 6.07 Å². The van der Waals surface area contributed by atoms with Crippen molar-refractivity contribution in [3.63, 3.8) is 0 Å². The molecule has 1 aliphatic carbocycles. The average molecular weight is 338 g/mol. The second kappa shape index (κ2) is 5.37. The van der Waals surface area contributed by atoms with Crippen LogP contribution in [0, 0.1) is 0 Å². The molecule has 0 aromatic heterocycles. The molecule has 0 spiro atoms. The summed E-state index contributed by atoms with van der Waals surface area (Å²) in [6, 6.07) is 4.12. The Morgan fingerprint density at radius 2 is 2.10 bits per heavy atom. The first-order valence-electron chi connectivity index (χ1n) is 7.28. The molecule has 1 aromatic carbocycles. The van der Waals surface area contributed by atoms with Gasteiger partial charge in [0.2, 0.25) is 5.91 Å². The van der Waals surface area contributed by atoms with Crippen LogP contribution in [0.1, 0.15) is 44.2 Å². The Kier molecular flexibility index (Phi) is 3.73. The Bertz CT molecular complexity index is 540. The highest BCUT2D eigenvalue weighted by molar-refractivity contribution is 9.10. The van der Waals surface area contributed by atoms with Crippen LogP contribution in [0.25, 0.3) is 0 Å². The molecule has 1 atom stereocenters. The molecule has 1 saturated carbocycles. The van der Waals surface area contributed by atoms with E-state index in [1.54, 1.807) is 0 Å². The zero-order valence-corrected chi connectivity index (χ0v) is 13.2. The van der Waals surface area contributed by atoms with Gasteiger partial charge in [-0.3, -0.25) is 4.79 Å². The van der Waals surface area contributed by atoms with Gasteiger partial charge >= 0.3 is 0 Å². The standard InChI is InChI=1S/C15H20BrN3O/c1-2-19(9-5-3-4-6-9)13-8-12-10(7-11(13)16)14(17)15(20)18-12/h7-9,14H,2-6,17H2,1H3,(H,18,20). The first kappa shape index (κ1) is 13.9. The van der Waals surface area contributed by atoms with Gasteiger partial charge in [0.1, 0.15) is 6.04 Å². The van der Waals surface area contributed by atoms with E-state index in [1.165, 1.54) is 25.7 Å². The van der Waals surface area contributed by atoms with E-state index in [0.717, 1.165) is 28.0 Å². The van der Waals surface area contributed by atoms with Crippen LogP contribution in [0.3, 0.4) is 0 Å². The Morgan fingerprint density at radius 3 is 2.75 bits per heavy atom. The van der Waals surface area contributed by atoms with Crippen molar-refractivity contribution >= 4 is 33.2 Å². The lowest BCUT2D eigenvalue weighted by atomic mass is 10.1. The molecular weight excluding hydrogens is 318 g/mol. The van der Waals surface area contributed by atoms with E-state index in [9.17, 15) is 4.79 Å². The first-order valence-corrected chi connectivity index (χ1v) is 8.07. The molecular formula is C15H20BrN3O. The van der Waals surface area contributed by atoms with E-state index >= 15 is 0 Å². The molecule has 2 aliphatic rings. The summed E-state index contributed by atoms with van der Waals surface area (Å²) in [5, 5.41) is 2.87. The summed E-state index contributed by atoms with van der Waals surface area (Å²) < 4.78 is 1.02. The summed E-state index contributed by atoms with van der Waals surface area (Å²) in [5.41, 5.74) is 8.79. The van der Waals surface area contributed by atoms with E-state index in [4.69, 9.17) is 5.73 Å². The Balaban J connectivity index is 1.98. The monoisotopic (exact) mass is 337 g/mol. The second-order valence-corrected chi connectivity index (χ2v) is 6.44. The Morgan fingerprint density at radius 1 is 1.40 bits per heavy atom. The maximum absolute atomic E-state index is 11.7. The van der Waals surface area contributed by atoms with Crippen molar-refractivity contribution in [2.75, 3.05) is 16.8 Å². The SMILES string of the molecule is CCN(c1cc2c(cc1Br)C(N)C(=O)N2)C1CCCC1. The average Bonchev–Trinajstić information content (AvgIpc) is 3.03. The van der Waals surface area contributed by atoms with Gasteiger partial charge in [-0.2, -0.15) is 0 Å². The fourth-order valence-electron chi connectivity index (χ4n) is 3.36. The van der Waals surface area contributed by atoms with Gasteiger partial charge in [0, 0.05) is 28.3 Å². The number of fused-ring (bicyclic) bond motifs is 1. The summed E-state index contributed by atoms with van der Waals surface area (Å²) in [7, 11) is 0. The molecule has 1 fully saturated rings. The molecule has 1 amide bonds. The van der Waals surface area contributed by atoms with Gasteiger partial charge in [0.05, 0.1) is 5.69 Å². The lowest BCUT2D eigenvalue weighted by Crippen LogP contribution is -2.33. The second-order valence-electron chi connectivity index (χ2n) is 5.58. The van der Waals surface area contributed by atoms with Crippen molar-refractivity contribution in [3.05, 3.63) is 22.2 Å². The lowest BCUT2D eigenvalue weighted by Gasteiger charge is -2.31. The first-order chi connectivity index (χ1) is 9.61. The van der Waals surface area contributed by atoms with Crippen molar-refractivity contribution in [3.8, 4) is 0 Å². The summed E-state index contributed by atoms with van der Waals surface area (Å²) >= 11 is 3.65. The van der Waals surface area contributed by atoms with Crippen LogP contribution in [-0.4, -0.2) is 18.5 Å². The fraction of sp³-hybridized carbons (Fsp3) is 0.533. The molecule has 3 rings (SSSR count). The summed E-state index contributed by atoms with van der Waals surface area (Å²) in [5.74, 6) is -0.118. The Hall–Kier alpha value is -1.07. The van der Waals surface area contributed by atoms with Crippen LogP contribution in [-0.2, 0) is 4.79 Å². The van der Waals surface area contributed by atoms with Gasteiger partial charge in [0.15, 0.2) is 0 Å². The molecule has 1 aliphatic heterocycles. The van der Waals surface area contributed by atoms with Gasteiger partial charge < -0.3 is 16.0 Å². The van der Waals surface area contributed by atoms with Gasteiger partial charge in [-0.25, -0.2) is 0 Å². The third-order valence-corrected chi connectivity index (χ3v) is 5.05. The zero-order valence-electron chi connectivity index (χ0n) is 11.7. The highest BCUT2D eigenvalue weighted by Crippen LogP contribution is 2.40. The number of nitrogens with one attached hydrogen (secondary N) is 1. The van der Waals surface area contributed by atoms with E-state index in [-0.39, 0.29) is 5.91 Å². The minimum Gasteiger partial charge on any atom is -0.368 e. The van der Waals surface area contributed by atoms with Crippen molar-refractivity contribution in [2.45, 2.75) is 44.7 Å². The van der Waals surface area contributed by atoms with Crippen LogP contribution in [0.5, 0.6) is 0 Å². The normalized spacial score (nSPS) is 21.9. The number of rotatable bonds is 3. The number of nitrogens with zero attached hydrogens (tertiary/aromatic N) is 1. The number of hydrogen-bond donors (Lipinski definition) is 2. The third kappa shape index (κ3) is 2.23. The van der Waals surface area contributed by atoms with Gasteiger partial charge in [-0.15, -0.1) is 0 Å². The molecule has 108 valence electrons. The molecule has 1 unspecified atom stereocenters. The summed E-state index contributed by atoms with van der Waals surface area (Å²) in [4.78, 5) is 14.1. The number of carbonyl (C=O) groups excluding carboxylic acids is 1. The van der Waals surface area contributed by atoms with Crippen LogP contribution < -0.4 is 16.0 Å². The highest BCUT2D eigenvalue weighted by Gasteiger charge is 2.30. The fourth-order valence-corrected chi connectivity index (χ4v) is 3.94. The molecule has 1 heterocycles. The molecule has 20 heavy (non-hydrogen) atoms. The van der Waals surface area contributed by atoms with Crippen molar-refractivity contribution < 1.29 is 4.79 Å². The van der Waals surface area contributed by atoms with Crippen LogP contribution in [0.15, 0.2) is 16.6 Å². The predicted molar refractivity (Wildman–Crippen MR) is 85.0 cm³/mol. The zero-order chi connectivity index (χ0) is 14.3. The molecule has 1 aromatic rings. The number of carbonyl (C=O) groups is 1. The van der Waals surface area contributed by atoms with Crippen LogP contribution >= 0.6 is 15.9 Å². The maximum Gasteiger partial charge on any atom is 0.245 e. The van der Waals surface area contributed by atoms with Gasteiger partial charge in [0.25, 0.3) is 0 Å². The minimum absolute atomic E-state index is 0.118. The molecule has 4 nitrogen and oxygen atoms in total. The van der Waals surface area contributed by atoms with Crippen molar-refractivity contribution in [1.29, 1.82) is 0 Å². The van der Waals surface area contributed by atoms with Gasteiger partial charge in [-0.1, -0.05) is 12.8 Å². The maximum atomic E-state index is 11.7. The molecule has 0 saturated heterocycles. The predicted octanol–water partition coefficient (Wildman–Crippen LogP) is 3.17. The Labute approximate surface area is 127 Å². The number of amides is 1. The van der Waals surface area contributed by atoms with Crippen molar-refractivity contribution in [1.82, 2.24) is 0 Å². The number of hydrogen-bond acceptors (Lipinski definition) is 3. The molecule has 5 heteroatoms. The number of benzene rings is 1. The van der Waals surface area contributed by atoms with Crippen LogP contribution in [0.2, 0.25) is 0 Å². The highest BCUT2D eigenvalue weighted by atomic mass is 79.9. The number of halogens is 1. The molecule has 0 bridgehead atoms. The minimum atomic E-state index is -0.545. The van der Waals surface area contributed by atoms with E-state index in [2.05, 4.69) is 39.1 Å². The lowest BCUT2D eigenvalue weighted by molar-refractivity contribution is -0.116. The molecule has 0 radical (unpaired) electrons. The van der Waals surface area contributed by atoms with E-state index in [0.29, 0.717) is 6.04 Å². The number of anilines is 2. The molecule has 3 N–H and O–H groups in total. The third-order valence-electron chi connectivity index (χ3n) is 4.41. The summed E-state index contributed by atoms with van der Waals surface area (Å²) in [6.45, 7) is 3.16. The number of nitrogens with two attached hydrogens (primary N) is 1. The topological polar surface area (TPSA) is 58.4 Å². The smallest absolute Gasteiger partial charge is 0.245 e. The van der Waals surface area contributed by atoms with Gasteiger partial charge in [-0.05, 0) is 47.8 Å². The van der Waals surface area contributed by atoms with E-state index < -0.39 is 6.04 Å². The largest absolute Gasteiger partial charge is 0.368 e. The van der Waals surface area contributed by atoms with Crippen LogP contribution in [0.4, 0.5) is 11.4 Å². The quantitative estimate of drug-likeness (QED) is 0.890.